The van der Waals surface area contributed by atoms with Crippen LogP contribution in [-0.4, -0.2) is 47.1 Å². The van der Waals surface area contributed by atoms with E-state index in [0.717, 1.165) is 77.8 Å². The molecule has 1 saturated heterocycles. The Morgan fingerprint density at radius 3 is 2.47 bits per heavy atom. The Kier molecular flexibility index (Phi) is 6.32. The van der Waals surface area contributed by atoms with Crippen molar-refractivity contribution in [3.05, 3.63) is 83.9 Å². The molecule has 1 N–H and O–H groups in total. The molecule has 5 heteroatoms. The average Bonchev–Trinajstić information content (AvgIpc) is 3.64. The number of nitrogens with zero attached hydrogens (tertiary/aromatic N) is 2. The predicted octanol–water partition coefficient (Wildman–Crippen LogP) is 6.01. The van der Waals surface area contributed by atoms with Crippen LogP contribution in [0.1, 0.15) is 42.7 Å². The van der Waals surface area contributed by atoms with Crippen LogP contribution in [0.5, 0.6) is 5.75 Å². The Morgan fingerprint density at radius 2 is 1.75 bits per heavy atom. The second-order valence-electron chi connectivity index (χ2n) is 10.5. The summed E-state index contributed by atoms with van der Waals surface area (Å²) < 4.78 is 6.22. The molecule has 2 aliphatic rings. The average molecular weight is 480 g/mol. The highest BCUT2D eigenvalue weighted by molar-refractivity contribution is 5.95. The number of likely N-dealkylation sites (tertiary alicyclic amines) is 1. The lowest BCUT2D eigenvalue weighted by Crippen LogP contribution is -2.35. The molecule has 1 unspecified atom stereocenters. The molecule has 1 saturated carbocycles. The van der Waals surface area contributed by atoms with Crippen LogP contribution in [0.4, 0.5) is 0 Å². The second kappa shape index (κ2) is 9.90. The van der Waals surface area contributed by atoms with Crippen molar-refractivity contribution in [2.75, 3.05) is 20.1 Å². The molecule has 2 heterocycles. The maximum atomic E-state index is 13.4. The Labute approximate surface area is 212 Å². The number of benzene rings is 3. The minimum absolute atomic E-state index is 0.00262. The summed E-state index contributed by atoms with van der Waals surface area (Å²) in [5.41, 5.74) is 5.12. The minimum Gasteiger partial charge on any atom is -0.490 e. The molecule has 0 bridgehead atoms. The van der Waals surface area contributed by atoms with E-state index in [2.05, 4.69) is 58.5 Å². The van der Waals surface area contributed by atoms with Gasteiger partial charge in [-0.2, -0.15) is 5.10 Å². The molecule has 36 heavy (non-hydrogen) atoms. The molecule has 4 aromatic rings. The summed E-state index contributed by atoms with van der Waals surface area (Å²) in [4.78, 5) is 15.8. The Morgan fingerprint density at radius 1 is 1.00 bits per heavy atom. The lowest BCUT2D eigenvalue weighted by molar-refractivity contribution is -0.120. The number of ether oxygens (including phenoxy) is 1. The zero-order chi connectivity index (χ0) is 24.5. The van der Waals surface area contributed by atoms with E-state index < -0.39 is 0 Å². The van der Waals surface area contributed by atoms with Crippen LogP contribution in [0.3, 0.4) is 0 Å². The number of H-pyrrole nitrogens is 1. The van der Waals surface area contributed by atoms with Gasteiger partial charge in [-0.25, -0.2) is 0 Å². The van der Waals surface area contributed by atoms with Gasteiger partial charge in [0.15, 0.2) is 0 Å². The Hall–Kier alpha value is -3.44. The van der Waals surface area contributed by atoms with Gasteiger partial charge in [-0.05, 0) is 86.2 Å². The molecule has 0 spiro atoms. The number of hydrogen-bond acceptors (Lipinski definition) is 4. The normalized spacial score (nSPS) is 17.8. The SMILES string of the molecule is CN1CCC(Oc2ccc(-c3n[nH]c4ccc(CC(=O)C(c5ccccc5)C5CC5)cc34)cc2)CC1. The number of ketones is 1. The van der Waals surface area contributed by atoms with Crippen molar-refractivity contribution < 1.29 is 9.53 Å². The summed E-state index contributed by atoms with van der Waals surface area (Å²) in [5.74, 6) is 1.71. The monoisotopic (exact) mass is 479 g/mol. The molecule has 1 aliphatic carbocycles. The van der Waals surface area contributed by atoms with E-state index in [1.165, 1.54) is 0 Å². The van der Waals surface area contributed by atoms with Gasteiger partial charge in [0.1, 0.15) is 17.6 Å². The maximum absolute atomic E-state index is 13.4. The van der Waals surface area contributed by atoms with Gasteiger partial charge >= 0.3 is 0 Å². The zero-order valence-electron chi connectivity index (χ0n) is 20.8. The number of fused-ring (bicyclic) bond motifs is 1. The number of nitrogens with one attached hydrogen (secondary N) is 1. The molecule has 0 amide bonds. The first kappa shape index (κ1) is 23.0. The standard InChI is InChI=1S/C31H33N3O2/c1-34-17-15-26(16-18-34)36-25-12-10-24(11-13-25)31-27-19-21(7-14-28(27)32-33-31)20-29(35)30(23-8-9-23)22-5-3-2-4-6-22/h2-7,10-14,19,23,26,30H,8-9,15-18,20H2,1H3,(H,32,33). The van der Waals surface area contributed by atoms with Gasteiger partial charge in [-0.1, -0.05) is 36.4 Å². The van der Waals surface area contributed by atoms with E-state index in [9.17, 15) is 4.79 Å². The number of piperidine rings is 1. The molecule has 6 rings (SSSR count). The van der Waals surface area contributed by atoms with Gasteiger partial charge in [0, 0.05) is 36.4 Å². The number of rotatable bonds is 8. The number of Topliss-reactive ketones (excluding diaryl/α,β-unsaturated/α-hetero) is 1. The third-order valence-corrected chi connectivity index (χ3v) is 7.70. The first-order chi connectivity index (χ1) is 17.6. The lowest BCUT2D eigenvalue weighted by atomic mass is 9.87. The van der Waals surface area contributed by atoms with Crippen LogP contribution < -0.4 is 4.74 Å². The summed E-state index contributed by atoms with van der Waals surface area (Å²) in [6.45, 7) is 2.17. The molecular formula is C31H33N3O2. The second-order valence-corrected chi connectivity index (χ2v) is 10.5. The molecule has 0 radical (unpaired) electrons. The predicted molar refractivity (Wildman–Crippen MR) is 143 cm³/mol. The van der Waals surface area contributed by atoms with Crippen LogP contribution in [0.2, 0.25) is 0 Å². The smallest absolute Gasteiger partial charge is 0.144 e. The van der Waals surface area contributed by atoms with E-state index in [4.69, 9.17) is 4.74 Å². The van der Waals surface area contributed by atoms with Crippen molar-refractivity contribution in [2.45, 2.75) is 44.1 Å². The first-order valence-corrected chi connectivity index (χ1v) is 13.1. The Bertz CT molecular complexity index is 1330. The van der Waals surface area contributed by atoms with Crippen LogP contribution in [0.25, 0.3) is 22.2 Å². The molecule has 1 atom stereocenters. The molecule has 3 aromatic carbocycles. The topological polar surface area (TPSA) is 58.2 Å². The van der Waals surface area contributed by atoms with Gasteiger partial charge in [-0.15, -0.1) is 0 Å². The molecule has 1 aromatic heterocycles. The van der Waals surface area contributed by atoms with Gasteiger partial charge in [-0.3, -0.25) is 9.89 Å². The third-order valence-electron chi connectivity index (χ3n) is 7.70. The fourth-order valence-electron chi connectivity index (χ4n) is 5.50. The van der Waals surface area contributed by atoms with E-state index in [1.54, 1.807) is 0 Å². The highest BCUT2D eigenvalue weighted by Crippen LogP contribution is 2.43. The van der Waals surface area contributed by atoms with Crippen molar-refractivity contribution in [1.29, 1.82) is 0 Å². The summed E-state index contributed by atoms with van der Waals surface area (Å²) in [7, 11) is 2.16. The van der Waals surface area contributed by atoms with E-state index in [-0.39, 0.29) is 12.0 Å². The summed E-state index contributed by atoms with van der Waals surface area (Å²) in [6.07, 6.45) is 5.15. The minimum atomic E-state index is 0.00262. The first-order valence-electron chi connectivity index (χ1n) is 13.1. The van der Waals surface area contributed by atoms with Crippen molar-refractivity contribution in [1.82, 2.24) is 15.1 Å². The molecule has 184 valence electrons. The van der Waals surface area contributed by atoms with Gasteiger partial charge in [0.05, 0.1) is 11.2 Å². The lowest BCUT2D eigenvalue weighted by Gasteiger charge is -2.29. The molecule has 2 fully saturated rings. The largest absolute Gasteiger partial charge is 0.490 e. The van der Waals surface area contributed by atoms with Gasteiger partial charge in [0.25, 0.3) is 0 Å². The Balaban J connectivity index is 1.19. The molecule has 5 nitrogen and oxygen atoms in total. The summed E-state index contributed by atoms with van der Waals surface area (Å²) in [5, 5.41) is 8.81. The third kappa shape index (κ3) is 4.93. The van der Waals surface area contributed by atoms with Crippen LogP contribution in [-0.2, 0) is 11.2 Å². The van der Waals surface area contributed by atoms with Crippen molar-refractivity contribution in [3.8, 4) is 17.0 Å². The number of carbonyl (C=O) groups excluding carboxylic acids is 1. The van der Waals surface area contributed by atoms with Crippen molar-refractivity contribution in [2.24, 2.45) is 5.92 Å². The molecular weight excluding hydrogens is 446 g/mol. The fraction of sp³-hybridized carbons (Fsp3) is 0.355. The highest BCUT2D eigenvalue weighted by atomic mass is 16.5. The van der Waals surface area contributed by atoms with Crippen LogP contribution in [0.15, 0.2) is 72.8 Å². The maximum Gasteiger partial charge on any atom is 0.144 e. The highest BCUT2D eigenvalue weighted by Gasteiger charge is 2.36. The molecule has 1 aliphatic heterocycles. The number of aromatic nitrogens is 2. The number of hydrogen-bond donors (Lipinski definition) is 1. The van der Waals surface area contributed by atoms with Crippen molar-refractivity contribution >= 4 is 16.7 Å². The summed E-state index contributed by atoms with van der Waals surface area (Å²) in [6, 6.07) is 24.7. The quantitative estimate of drug-likeness (QED) is 0.336. The van der Waals surface area contributed by atoms with E-state index in [0.29, 0.717) is 18.1 Å². The van der Waals surface area contributed by atoms with E-state index >= 15 is 0 Å². The van der Waals surface area contributed by atoms with Crippen LogP contribution in [0, 0.1) is 5.92 Å². The number of aromatic amines is 1. The van der Waals surface area contributed by atoms with Crippen molar-refractivity contribution in [3.63, 3.8) is 0 Å². The summed E-state index contributed by atoms with van der Waals surface area (Å²) >= 11 is 0. The van der Waals surface area contributed by atoms with Gasteiger partial charge < -0.3 is 9.64 Å². The van der Waals surface area contributed by atoms with Gasteiger partial charge in [0.2, 0.25) is 0 Å². The fourth-order valence-corrected chi connectivity index (χ4v) is 5.50. The number of carbonyl (C=O) groups is 1. The van der Waals surface area contributed by atoms with E-state index in [1.807, 2.05) is 36.4 Å². The van der Waals surface area contributed by atoms with Crippen LogP contribution >= 0.6 is 0 Å². The zero-order valence-corrected chi connectivity index (χ0v) is 20.8.